The lowest BCUT2D eigenvalue weighted by atomic mass is 10.2. The van der Waals surface area contributed by atoms with Gasteiger partial charge in [0.15, 0.2) is 0 Å². The number of aromatic nitrogens is 3. The molecule has 0 unspecified atom stereocenters. The summed E-state index contributed by atoms with van der Waals surface area (Å²) in [6, 6.07) is 12.3. The van der Waals surface area contributed by atoms with Gasteiger partial charge in [-0.15, -0.1) is 0 Å². The smallest absolute Gasteiger partial charge is 0.249 e. The van der Waals surface area contributed by atoms with Gasteiger partial charge < -0.3 is 4.74 Å². The number of hydrogen-bond acceptors (Lipinski definition) is 7. The average Bonchev–Trinajstić information content (AvgIpc) is 3.11. The van der Waals surface area contributed by atoms with Crippen molar-refractivity contribution in [2.24, 2.45) is 0 Å². The Morgan fingerprint density at radius 1 is 0.933 bits per heavy atom. The second kappa shape index (κ2) is 7.75. The van der Waals surface area contributed by atoms with Gasteiger partial charge in [0.25, 0.3) is 0 Å². The minimum absolute atomic E-state index is 0.107. The SMILES string of the molecule is O=S1(=O)c2cccnc2O[C@@H]2CN(Cc3ccncc3)C[C@@H]2N1Cc1ccccn1. The molecule has 0 amide bonds. The van der Waals surface area contributed by atoms with Gasteiger partial charge >= 0.3 is 0 Å². The van der Waals surface area contributed by atoms with E-state index in [1.165, 1.54) is 4.31 Å². The van der Waals surface area contributed by atoms with Crippen LogP contribution in [0.15, 0.2) is 72.1 Å². The van der Waals surface area contributed by atoms with Gasteiger partial charge in [0.2, 0.25) is 15.9 Å². The lowest BCUT2D eigenvalue weighted by Crippen LogP contribution is -2.46. The molecule has 0 saturated carbocycles. The first kappa shape index (κ1) is 19.1. The van der Waals surface area contributed by atoms with Gasteiger partial charge in [0, 0.05) is 44.4 Å². The van der Waals surface area contributed by atoms with Gasteiger partial charge in [-0.25, -0.2) is 13.4 Å². The van der Waals surface area contributed by atoms with Gasteiger partial charge in [-0.1, -0.05) is 6.07 Å². The average molecular weight is 423 g/mol. The molecular weight excluding hydrogens is 402 g/mol. The summed E-state index contributed by atoms with van der Waals surface area (Å²) in [5.74, 6) is 0.168. The van der Waals surface area contributed by atoms with E-state index in [4.69, 9.17) is 4.74 Å². The van der Waals surface area contributed by atoms with E-state index in [0.29, 0.717) is 25.3 Å². The fourth-order valence-electron chi connectivity index (χ4n) is 4.06. The Morgan fingerprint density at radius 2 is 1.77 bits per heavy atom. The summed E-state index contributed by atoms with van der Waals surface area (Å²) in [4.78, 5) is 14.9. The van der Waals surface area contributed by atoms with Crippen molar-refractivity contribution in [1.82, 2.24) is 24.2 Å². The maximum absolute atomic E-state index is 13.6. The lowest BCUT2D eigenvalue weighted by molar-refractivity contribution is 0.143. The molecule has 5 heterocycles. The topological polar surface area (TPSA) is 88.5 Å². The fraction of sp³-hybridized carbons (Fsp3) is 0.286. The summed E-state index contributed by atoms with van der Waals surface area (Å²) in [6.07, 6.45) is 6.44. The van der Waals surface area contributed by atoms with Crippen LogP contribution < -0.4 is 4.74 Å². The van der Waals surface area contributed by atoms with Crippen LogP contribution in [0.2, 0.25) is 0 Å². The molecule has 154 valence electrons. The lowest BCUT2D eigenvalue weighted by Gasteiger charge is -2.27. The van der Waals surface area contributed by atoms with Crippen molar-refractivity contribution in [3.05, 3.63) is 78.5 Å². The quantitative estimate of drug-likeness (QED) is 0.631. The van der Waals surface area contributed by atoms with Crippen molar-refractivity contribution < 1.29 is 13.2 Å². The first-order valence-corrected chi connectivity index (χ1v) is 11.2. The maximum atomic E-state index is 13.6. The van der Waals surface area contributed by atoms with Crippen LogP contribution in [0.5, 0.6) is 5.88 Å². The summed E-state index contributed by atoms with van der Waals surface area (Å²) >= 11 is 0. The molecule has 1 saturated heterocycles. The molecule has 2 aliphatic rings. The number of pyridine rings is 3. The zero-order valence-corrected chi connectivity index (χ0v) is 17.0. The third-order valence-electron chi connectivity index (χ3n) is 5.47. The van der Waals surface area contributed by atoms with E-state index in [2.05, 4.69) is 19.9 Å². The molecule has 0 radical (unpaired) electrons. The van der Waals surface area contributed by atoms with E-state index in [9.17, 15) is 8.42 Å². The monoisotopic (exact) mass is 423 g/mol. The van der Waals surface area contributed by atoms with Crippen molar-refractivity contribution in [1.29, 1.82) is 0 Å². The third-order valence-corrected chi connectivity index (χ3v) is 7.35. The number of likely N-dealkylation sites (tertiary alicyclic amines) is 1. The zero-order chi connectivity index (χ0) is 20.6. The van der Waals surface area contributed by atoms with Crippen LogP contribution in [0.3, 0.4) is 0 Å². The van der Waals surface area contributed by atoms with Crippen molar-refractivity contribution in [2.75, 3.05) is 13.1 Å². The van der Waals surface area contributed by atoms with Crippen LogP contribution in [-0.2, 0) is 23.1 Å². The van der Waals surface area contributed by atoms with Gasteiger partial charge in [0.05, 0.1) is 18.3 Å². The van der Waals surface area contributed by atoms with E-state index < -0.39 is 10.0 Å². The Balaban J connectivity index is 1.51. The molecule has 2 atom stereocenters. The molecule has 1 fully saturated rings. The van der Waals surface area contributed by atoms with E-state index >= 15 is 0 Å². The molecule has 5 rings (SSSR count). The van der Waals surface area contributed by atoms with E-state index in [1.54, 1.807) is 36.9 Å². The predicted octanol–water partition coefficient (Wildman–Crippen LogP) is 1.71. The Kier molecular flexibility index (Phi) is 4.93. The van der Waals surface area contributed by atoms with Crippen LogP contribution in [0, 0.1) is 0 Å². The second-order valence-corrected chi connectivity index (χ2v) is 9.31. The first-order valence-electron chi connectivity index (χ1n) is 9.76. The third kappa shape index (κ3) is 3.55. The Bertz CT molecular complexity index is 1130. The molecule has 30 heavy (non-hydrogen) atoms. The van der Waals surface area contributed by atoms with E-state index in [0.717, 1.165) is 5.56 Å². The molecule has 3 aromatic rings. The molecule has 3 aromatic heterocycles. The molecule has 0 bridgehead atoms. The summed E-state index contributed by atoms with van der Waals surface area (Å²) < 4.78 is 34.8. The highest BCUT2D eigenvalue weighted by atomic mass is 32.2. The van der Waals surface area contributed by atoms with E-state index in [-0.39, 0.29) is 29.5 Å². The number of nitrogens with zero attached hydrogens (tertiary/aromatic N) is 5. The normalized spacial score (nSPS) is 23.2. The summed E-state index contributed by atoms with van der Waals surface area (Å²) in [5.41, 5.74) is 1.82. The number of fused-ring (bicyclic) bond motifs is 2. The standard InChI is InChI=1S/C21H21N5O3S/c27-30(28)20-5-3-9-24-21(20)29-19-15-25(12-16-6-10-22-11-7-16)14-18(19)26(30)13-17-4-1-2-8-23-17/h1-11,18-19H,12-15H2/t18-,19+/m0/s1. The highest BCUT2D eigenvalue weighted by Crippen LogP contribution is 2.35. The number of ether oxygens (including phenoxy) is 1. The Labute approximate surface area is 175 Å². The predicted molar refractivity (Wildman–Crippen MR) is 109 cm³/mol. The van der Waals surface area contributed by atoms with Crippen molar-refractivity contribution in [3.63, 3.8) is 0 Å². The minimum Gasteiger partial charge on any atom is -0.470 e. The highest BCUT2D eigenvalue weighted by molar-refractivity contribution is 7.89. The Hall–Kier alpha value is -2.88. The molecular formula is C21H21N5O3S. The van der Waals surface area contributed by atoms with Crippen LogP contribution >= 0.6 is 0 Å². The number of hydrogen-bond donors (Lipinski definition) is 0. The van der Waals surface area contributed by atoms with Crippen LogP contribution in [0.25, 0.3) is 0 Å². The van der Waals surface area contributed by atoms with E-state index in [1.807, 2.05) is 30.3 Å². The Morgan fingerprint density at radius 3 is 2.57 bits per heavy atom. The van der Waals surface area contributed by atoms with Gasteiger partial charge in [-0.3, -0.25) is 14.9 Å². The number of sulfonamides is 1. The molecule has 8 nitrogen and oxygen atoms in total. The number of rotatable bonds is 4. The zero-order valence-electron chi connectivity index (χ0n) is 16.2. The molecule has 0 aliphatic carbocycles. The van der Waals surface area contributed by atoms with Gasteiger partial charge in [-0.05, 0) is 42.0 Å². The second-order valence-electron chi connectivity index (χ2n) is 7.45. The molecule has 0 aromatic carbocycles. The fourth-order valence-corrected chi connectivity index (χ4v) is 5.75. The summed E-state index contributed by atoms with van der Waals surface area (Å²) in [6.45, 7) is 2.06. The van der Waals surface area contributed by atoms with Gasteiger partial charge in [0.1, 0.15) is 11.0 Å². The van der Waals surface area contributed by atoms with Crippen LogP contribution in [0.1, 0.15) is 11.3 Å². The summed E-state index contributed by atoms with van der Waals surface area (Å²) in [5, 5.41) is 0. The molecule has 0 N–H and O–H groups in total. The molecule has 2 aliphatic heterocycles. The van der Waals surface area contributed by atoms with Crippen molar-refractivity contribution in [2.45, 2.75) is 30.1 Å². The van der Waals surface area contributed by atoms with Crippen LogP contribution in [0.4, 0.5) is 0 Å². The van der Waals surface area contributed by atoms with Gasteiger partial charge in [-0.2, -0.15) is 4.31 Å². The van der Waals surface area contributed by atoms with Crippen molar-refractivity contribution >= 4 is 10.0 Å². The van der Waals surface area contributed by atoms with Crippen LogP contribution in [-0.4, -0.2) is 57.8 Å². The minimum atomic E-state index is -3.80. The highest BCUT2D eigenvalue weighted by Gasteiger charge is 2.47. The molecule has 0 spiro atoms. The largest absolute Gasteiger partial charge is 0.470 e. The first-order chi connectivity index (χ1) is 14.6. The summed E-state index contributed by atoms with van der Waals surface area (Å²) in [7, 11) is -3.80. The molecule has 9 heteroatoms. The maximum Gasteiger partial charge on any atom is 0.249 e. The van der Waals surface area contributed by atoms with Crippen molar-refractivity contribution in [3.8, 4) is 5.88 Å².